The van der Waals surface area contributed by atoms with E-state index in [4.69, 9.17) is 16.3 Å². The Hall–Kier alpha value is -2.03. The lowest BCUT2D eigenvalue weighted by atomic mass is 10.2. The van der Waals surface area contributed by atoms with Crippen LogP contribution in [0.5, 0.6) is 0 Å². The highest BCUT2D eigenvalue weighted by Crippen LogP contribution is 2.21. The first kappa shape index (κ1) is 20.7. The molecule has 0 radical (unpaired) electrons. The number of nitrogens with zero attached hydrogens (tertiary/aromatic N) is 4. The molecule has 0 N–H and O–H groups in total. The lowest BCUT2D eigenvalue weighted by Crippen LogP contribution is -2.47. The van der Waals surface area contributed by atoms with E-state index in [1.54, 1.807) is 0 Å². The van der Waals surface area contributed by atoms with Crippen molar-refractivity contribution in [2.24, 2.45) is 0 Å². The van der Waals surface area contributed by atoms with Crippen molar-refractivity contribution in [3.63, 3.8) is 0 Å². The normalized spacial score (nSPS) is 20.4. The molecular formula is C19H23ClF2N4O2. The number of halogens is 3. The maximum Gasteiger partial charge on any atom is 0.292 e. The van der Waals surface area contributed by atoms with E-state index in [9.17, 15) is 13.6 Å². The Morgan fingerprint density at radius 3 is 2.61 bits per heavy atom. The van der Waals surface area contributed by atoms with Crippen LogP contribution in [0, 0.1) is 11.6 Å². The summed E-state index contributed by atoms with van der Waals surface area (Å²) in [7, 11) is 1.82. The molecule has 9 heteroatoms. The first-order valence-electron chi connectivity index (χ1n) is 9.08. The van der Waals surface area contributed by atoms with E-state index in [0.717, 1.165) is 36.4 Å². The molecule has 3 rings (SSSR count). The maximum atomic E-state index is 14.0. The molecule has 1 aliphatic heterocycles. The zero-order chi connectivity index (χ0) is 20.4. The van der Waals surface area contributed by atoms with Crippen LogP contribution in [0.15, 0.2) is 29.2 Å². The molecular weight excluding hydrogens is 390 g/mol. The topological polar surface area (TPSA) is 50.6 Å². The number of likely N-dealkylation sites (N-methyl/N-ethyl adjacent to an activating group) is 1. The number of ether oxygens (including phenoxy) is 1. The predicted molar refractivity (Wildman–Crippen MR) is 104 cm³/mol. The molecule has 152 valence electrons. The standard InChI is InChI=1S/C19H23ClF2N4O2/c1-12-10-25(11-13(2)28-12)7-6-24(3)17-9-23-26(19(27)18(17)20)16-5-4-14(21)8-15(16)22/h4-5,8-9,12-13H,6-7,10-11H2,1-3H3/t12-,13+. The van der Waals surface area contributed by atoms with Crippen molar-refractivity contribution in [1.82, 2.24) is 14.7 Å². The van der Waals surface area contributed by atoms with Gasteiger partial charge >= 0.3 is 0 Å². The van der Waals surface area contributed by atoms with Crippen LogP contribution in [-0.2, 0) is 4.74 Å². The molecule has 2 atom stereocenters. The molecule has 0 aliphatic carbocycles. The van der Waals surface area contributed by atoms with Crippen LogP contribution < -0.4 is 10.5 Å². The van der Waals surface area contributed by atoms with Crippen LogP contribution in [-0.4, -0.2) is 60.1 Å². The Morgan fingerprint density at radius 2 is 1.96 bits per heavy atom. The number of aromatic nitrogens is 2. The molecule has 0 saturated carbocycles. The third-order valence-electron chi connectivity index (χ3n) is 4.70. The fourth-order valence-corrected chi connectivity index (χ4v) is 3.67. The Balaban J connectivity index is 1.76. The van der Waals surface area contributed by atoms with E-state index < -0.39 is 17.2 Å². The highest BCUT2D eigenvalue weighted by molar-refractivity contribution is 6.33. The molecule has 0 amide bonds. The van der Waals surface area contributed by atoms with E-state index in [1.807, 2.05) is 25.8 Å². The molecule has 1 saturated heterocycles. The predicted octanol–water partition coefficient (Wildman–Crippen LogP) is 2.71. The minimum absolute atomic E-state index is 0.0649. The third-order valence-corrected chi connectivity index (χ3v) is 5.05. The smallest absolute Gasteiger partial charge is 0.292 e. The van der Waals surface area contributed by atoms with Crippen molar-refractivity contribution in [1.29, 1.82) is 0 Å². The number of rotatable bonds is 5. The van der Waals surface area contributed by atoms with Gasteiger partial charge in [-0.05, 0) is 26.0 Å². The molecule has 0 bridgehead atoms. The van der Waals surface area contributed by atoms with Crippen molar-refractivity contribution >= 4 is 17.3 Å². The maximum absolute atomic E-state index is 14.0. The summed E-state index contributed by atoms with van der Waals surface area (Å²) in [6.07, 6.45) is 1.76. The van der Waals surface area contributed by atoms with Gasteiger partial charge in [-0.25, -0.2) is 8.78 Å². The number of benzene rings is 1. The molecule has 1 fully saturated rings. The van der Waals surface area contributed by atoms with Gasteiger partial charge in [0.2, 0.25) is 0 Å². The van der Waals surface area contributed by atoms with E-state index in [1.165, 1.54) is 6.20 Å². The van der Waals surface area contributed by atoms with Crippen LogP contribution >= 0.6 is 11.6 Å². The van der Waals surface area contributed by atoms with Gasteiger partial charge in [0.05, 0.1) is 24.1 Å². The summed E-state index contributed by atoms with van der Waals surface area (Å²) >= 11 is 6.25. The van der Waals surface area contributed by atoms with Crippen molar-refractivity contribution in [2.75, 3.05) is 38.1 Å². The highest BCUT2D eigenvalue weighted by Gasteiger charge is 2.23. The zero-order valence-corrected chi connectivity index (χ0v) is 16.8. The molecule has 1 aromatic heterocycles. The van der Waals surface area contributed by atoms with E-state index in [-0.39, 0.29) is 22.9 Å². The van der Waals surface area contributed by atoms with E-state index >= 15 is 0 Å². The number of morpholine rings is 1. The van der Waals surface area contributed by atoms with Crippen molar-refractivity contribution in [2.45, 2.75) is 26.1 Å². The number of hydrogen-bond acceptors (Lipinski definition) is 5. The van der Waals surface area contributed by atoms with Gasteiger partial charge in [0.1, 0.15) is 16.5 Å². The minimum atomic E-state index is -0.887. The van der Waals surface area contributed by atoms with Crippen molar-refractivity contribution in [3.05, 3.63) is 51.4 Å². The molecule has 2 aromatic rings. The summed E-state index contributed by atoms with van der Waals surface area (Å²) in [5, 5.41) is 3.96. The fourth-order valence-electron chi connectivity index (χ4n) is 3.39. The molecule has 1 aromatic carbocycles. The summed E-state index contributed by atoms with van der Waals surface area (Å²) in [5.41, 5.74) is -0.358. The van der Waals surface area contributed by atoms with E-state index in [0.29, 0.717) is 18.3 Å². The average Bonchev–Trinajstić information content (AvgIpc) is 2.62. The van der Waals surface area contributed by atoms with Crippen molar-refractivity contribution in [3.8, 4) is 5.69 Å². The molecule has 0 unspecified atom stereocenters. The molecule has 0 spiro atoms. The Morgan fingerprint density at radius 1 is 1.29 bits per heavy atom. The zero-order valence-electron chi connectivity index (χ0n) is 16.0. The Labute approximate surface area is 167 Å². The Kier molecular flexibility index (Phi) is 6.32. The molecule has 2 heterocycles. The summed E-state index contributed by atoms with van der Waals surface area (Å²) in [6.45, 7) is 7.18. The largest absolute Gasteiger partial charge is 0.373 e. The number of hydrogen-bond donors (Lipinski definition) is 0. The van der Waals surface area contributed by atoms with Gasteiger partial charge in [-0.2, -0.15) is 9.78 Å². The van der Waals surface area contributed by atoms with Gasteiger partial charge in [0.15, 0.2) is 5.82 Å². The van der Waals surface area contributed by atoms with Crippen LogP contribution in [0.25, 0.3) is 5.69 Å². The average molecular weight is 413 g/mol. The van der Waals surface area contributed by atoms with Gasteiger partial charge in [-0.15, -0.1) is 0 Å². The summed E-state index contributed by atoms with van der Waals surface area (Å²) in [6, 6.07) is 2.91. The van der Waals surface area contributed by atoms with Gasteiger partial charge < -0.3 is 9.64 Å². The minimum Gasteiger partial charge on any atom is -0.373 e. The highest BCUT2D eigenvalue weighted by atomic mass is 35.5. The van der Waals surface area contributed by atoms with Crippen LogP contribution in [0.1, 0.15) is 13.8 Å². The number of anilines is 1. The second-order valence-corrected chi connectivity index (χ2v) is 7.47. The van der Waals surface area contributed by atoms with Gasteiger partial charge in [0, 0.05) is 39.3 Å². The van der Waals surface area contributed by atoms with Crippen LogP contribution in [0.3, 0.4) is 0 Å². The van der Waals surface area contributed by atoms with Gasteiger partial charge in [0.25, 0.3) is 5.56 Å². The van der Waals surface area contributed by atoms with Gasteiger partial charge in [-0.3, -0.25) is 9.69 Å². The first-order chi connectivity index (χ1) is 13.3. The van der Waals surface area contributed by atoms with Gasteiger partial charge in [-0.1, -0.05) is 11.6 Å². The summed E-state index contributed by atoms with van der Waals surface area (Å²) in [4.78, 5) is 16.7. The monoisotopic (exact) mass is 412 g/mol. The second kappa shape index (κ2) is 8.55. The lowest BCUT2D eigenvalue weighted by molar-refractivity contribution is -0.0670. The lowest BCUT2D eigenvalue weighted by Gasteiger charge is -2.36. The molecule has 1 aliphatic rings. The molecule has 28 heavy (non-hydrogen) atoms. The van der Waals surface area contributed by atoms with Crippen LogP contribution in [0.2, 0.25) is 5.02 Å². The fraction of sp³-hybridized carbons (Fsp3) is 0.474. The summed E-state index contributed by atoms with van der Waals surface area (Å²) in [5.74, 6) is -1.62. The second-order valence-electron chi connectivity index (χ2n) is 7.09. The first-order valence-corrected chi connectivity index (χ1v) is 9.46. The molecule has 6 nitrogen and oxygen atoms in total. The van der Waals surface area contributed by atoms with Crippen molar-refractivity contribution < 1.29 is 13.5 Å². The Bertz CT molecular complexity index is 898. The van der Waals surface area contributed by atoms with Crippen LogP contribution in [0.4, 0.5) is 14.5 Å². The van der Waals surface area contributed by atoms with E-state index in [2.05, 4.69) is 10.00 Å². The summed E-state index contributed by atoms with van der Waals surface area (Å²) < 4.78 is 33.7. The third kappa shape index (κ3) is 4.51. The quantitative estimate of drug-likeness (QED) is 0.755. The SMILES string of the molecule is C[C@@H]1CN(CCN(C)c2cnn(-c3ccc(F)cc3F)c(=O)c2Cl)C[C@H](C)O1.